The van der Waals surface area contributed by atoms with Crippen LogP contribution in [0.4, 0.5) is 11.5 Å². The molecular formula is C12H9N3O2. The van der Waals surface area contributed by atoms with Crippen LogP contribution in [0.5, 0.6) is 0 Å². The molecular weight excluding hydrogens is 218 g/mol. The van der Waals surface area contributed by atoms with E-state index in [1.54, 1.807) is 12.3 Å². The number of nitrogens with one attached hydrogen (secondary N) is 2. The van der Waals surface area contributed by atoms with Gasteiger partial charge in [-0.3, -0.25) is 4.79 Å². The maximum atomic E-state index is 11.7. The second kappa shape index (κ2) is 3.79. The smallest absolute Gasteiger partial charge is 0.257 e. The first kappa shape index (κ1) is 9.65. The molecule has 0 saturated heterocycles. The van der Waals surface area contributed by atoms with Gasteiger partial charge in [-0.1, -0.05) is 23.4 Å². The maximum absolute atomic E-state index is 11.7. The van der Waals surface area contributed by atoms with E-state index in [9.17, 15) is 4.79 Å². The van der Waals surface area contributed by atoms with E-state index >= 15 is 0 Å². The number of carbonyl (C=O) groups is 1. The lowest BCUT2D eigenvalue weighted by molar-refractivity contribution is -0.110. The van der Waals surface area contributed by atoms with Crippen LogP contribution in [0.1, 0.15) is 5.56 Å². The van der Waals surface area contributed by atoms with Gasteiger partial charge in [0.2, 0.25) is 0 Å². The fourth-order valence-electron chi connectivity index (χ4n) is 1.72. The third-order valence-corrected chi connectivity index (χ3v) is 2.51. The molecule has 0 radical (unpaired) electrons. The number of amides is 1. The van der Waals surface area contributed by atoms with E-state index in [-0.39, 0.29) is 5.91 Å². The first-order chi connectivity index (χ1) is 8.34. The van der Waals surface area contributed by atoms with Crippen molar-refractivity contribution in [3.63, 3.8) is 0 Å². The van der Waals surface area contributed by atoms with E-state index < -0.39 is 0 Å². The van der Waals surface area contributed by atoms with Crippen molar-refractivity contribution in [2.75, 3.05) is 10.6 Å². The van der Waals surface area contributed by atoms with Crippen molar-refractivity contribution in [1.82, 2.24) is 5.16 Å². The van der Waals surface area contributed by atoms with E-state index in [2.05, 4.69) is 20.3 Å². The number of anilines is 2. The van der Waals surface area contributed by atoms with E-state index in [0.717, 1.165) is 11.3 Å². The Kier molecular flexibility index (Phi) is 2.15. The van der Waals surface area contributed by atoms with Gasteiger partial charge < -0.3 is 15.2 Å². The van der Waals surface area contributed by atoms with Crippen LogP contribution < -0.4 is 10.6 Å². The molecule has 1 aliphatic rings. The molecule has 2 heterocycles. The van der Waals surface area contributed by atoms with Gasteiger partial charge in [0.05, 0.1) is 5.57 Å². The Balaban J connectivity index is 1.93. The standard InChI is InChI=1S/C12H9N3O2/c16-12-9(7-13-11-5-6-17-15-11)8-3-1-2-4-10(8)14-12/h1-7H,(H,13,15)(H,14,16). The van der Waals surface area contributed by atoms with Gasteiger partial charge in [0.1, 0.15) is 6.26 Å². The Bertz CT molecular complexity index is 588. The van der Waals surface area contributed by atoms with Crippen LogP contribution in [0.2, 0.25) is 0 Å². The van der Waals surface area contributed by atoms with Crippen molar-refractivity contribution >= 4 is 23.0 Å². The van der Waals surface area contributed by atoms with Gasteiger partial charge >= 0.3 is 0 Å². The third-order valence-electron chi connectivity index (χ3n) is 2.51. The molecule has 0 bridgehead atoms. The SMILES string of the molecule is O=C1Nc2ccccc2C1=CNc1ccon1. The number of benzene rings is 1. The summed E-state index contributed by atoms with van der Waals surface area (Å²) in [6, 6.07) is 9.21. The minimum Gasteiger partial charge on any atom is -0.363 e. The molecule has 5 nitrogen and oxygen atoms in total. The molecule has 0 fully saturated rings. The lowest BCUT2D eigenvalue weighted by atomic mass is 10.1. The summed E-state index contributed by atoms with van der Waals surface area (Å²) in [4.78, 5) is 11.7. The second-order valence-corrected chi connectivity index (χ2v) is 3.59. The molecule has 5 heteroatoms. The van der Waals surface area contributed by atoms with Crippen molar-refractivity contribution in [1.29, 1.82) is 0 Å². The van der Waals surface area contributed by atoms with Gasteiger partial charge in [-0.05, 0) is 6.07 Å². The predicted octanol–water partition coefficient (Wildman–Crippen LogP) is 2.08. The number of nitrogens with zero attached hydrogens (tertiary/aromatic N) is 1. The zero-order valence-electron chi connectivity index (χ0n) is 8.81. The Morgan fingerprint density at radius 2 is 2.18 bits per heavy atom. The largest absolute Gasteiger partial charge is 0.363 e. The number of hydrogen-bond donors (Lipinski definition) is 2. The van der Waals surface area contributed by atoms with Crippen LogP contribution in [-0.2, 0) is 4.79 Å². The van der Waals surface area contributed by atoms with E-state index in [1.807, 2.05) is 24.3 Å². The highest BCUT2D eigenvalue weighted by atomic mass is 16.5. The fraction of sp³-hybridized carbons (Fsp3) is 0. The summed E-state index contributed by atoms with van der Waals surface area (Å²) < 4.78 is 4.68. The monoisotopic (exact) mass is 227 g/mol. The van der Waals surface area contributed by atoms with Crippen molar-refractivity contribution in [2.45, 2.75) is 0 Å². The molecule has 0 spiro atoms. The lowest BCUT2D eigenvalue weighted by Gasteiger charge is -1.97. The normalized spacial score (nSPS) is 15.8. The molecule has 0 saturated carbocycles. The predicted molar refractivity (Wildman–Crippen MR) is 63.2 cm³/mol. The minimum atomic E-state index is -0.123. The number of hydrogen-bond acceptors (Lipinski definition) is 4. The molecule has 1 aromatic carbocycles. The third kappa shape index (κ3) is 1.67. The molecule has 0 unspecified atom stereocenters. The first-order valence-electron chi connectivity index (χ1n) is 5.12. The summed E-state index contributed by atoms with van der Waals surface area (Å²) in [6.45, 7) is 0. The Morgan fingerprint density at radius 3 is 3.00 bits per heavy atom. The number of fused-ring (bicyclic) bond motifs is 1. The molecule has 84 valence electrons. The van der Waals surface area contributed by atoms with Crippen LogP contribution in [0.3, 0.4) is 0 Å². The zero-order chi connectivity index (χ0) is 11.7. The molecule has 2 aromatic rings. The molecule has 0 atom stereocenters. The van der Waals surface area contributed by atoms with E-state index in [1.165, 1.54) is 6.26 Å². The molecule has 1 aliphatic heterocycles. The topological polar surface area (TPSA) is 67.2 Å². The molecule has 1 aromatic heterocycles. The number of carbonyl (C=O) groups excluding carboxylic acids is 1. The van der Waals surface area contributed by atoms with Gasteiger partial charge in [0.25, 0.3) is 5.91 Å². The quantitative estimate of drug-likeness (QED) is 0.771. The summed E-state index contributed by atoms with van der Waals surface area (Å²) in [6.07, 6.45) is 3.09. The van der Waals surface area contributed by atoms with Crippen LogP contribution in [0, 0.1) is 0 Å². The zero-order valence-corrected chi connectivity index (χ0v) is 8.81. The Labute approximate surface area is 97.1 Å². The lowest BCUT2D eigenvalue weighted by Crippen LogP contribution is -2.05. The van der Waals surface area contributed by atoms with Gasteiger partial charge in [-0.25, -0.2) is 0 Å². The molecule has 2 N–H and O–H groups in total. The molecule has 3 rings (SSSR count). The summed E-state index contributed by atoms with van der Waals surface area (Å²) >= 11 is 0. The summed E-state index contributed by atoms with van der Waals surface area (Å²) in [7, 11) is 0. The molecule has 0 aliphatic carbocycles. The molecule has 1 amide bonds. The number of rotatable bonds is 2. The fourth-order valence-corrected chi connectivity index (χ4v) is 1.72. The maximum Gasteiger partial charge on any atom is 0.257 e. The van der Waals surface area contributed by atoms with Crippen LogP contribution in [-0.4, -0.2) is 11.1 Å². The summed E-state index contributed by atoms with van der Waals surface area (Å²) in [5.41, 5.74) is 2.29. The summed E-state index contributed by atoms with van der Waals surface area (Å²) in [5.74, 6) is 0.442. The Morgan fingerprint density at radius 1 is 1.29 bits per heavy atom. The van der Waals surface area contributed by atoms with Crippen LogP contribution >= 0.6 is 0 Å². The van der Waals surface area contributed by atoms with Crippen LogP contribution in [0.15, 0.2) is 47.3 Å². The van der Waals surface area contributed by atoms with Gasteiger partial charge in [0, 0.05) is 23.5 Å². The van der Waals surface area contributed by atoms with Gasteiger partial charge in [-0.15, -0.1) is 0 Å². The summed E-state index contributed by atoms with van der Waals surface area (Å²) in [5, 5.41) is 9.39. The highest BCUT2D eigenvalue weighted by Crippen LogP contribution is 2.30. The van der Waals surface area contributed by atoms with E-state index in [4.69, 9.17) is 0 Å². The number of para-hydroxylation sites is 1. The van der Waals surface area contributed by atoms with Gasteiger partial charge in [-0.2, -0.15) is 0 Å². The van der Waals surface area contributed by atoms with Crippen molar-refractivity contribution in [2.24, 2.45) is 0 Å². The second-order valence-electron chi connectivity index (χ2n) is 3.59. The van der Waals surface area contributed by atoms with Gasteiger partial charge in [0.15, 0.2) is 5.82 Å². The first-order valence-corrected chi connectivity index (χ1v) is 5.12. The van der Waals surface area contributed by atoms with Crippen molar-refractivity contribution in [3.8, 4) is 0 Å². The van der Waals surface area contributed by atoms with Crippen molar-refractivity contribution in [3.05, 3.63) is 48.4 Å². The highest BCUT2D eigenvalue weighted by molar-refractivity contribution is 6.31. The Hall–Kier alpha value is -2.56. The highest BCUT2D eigenvalue weighted by Gasteiger charge is 2.23. The molecule has 17 heavy (non-hydrogen) atoms. The van der Waals surface area contributed by atoms with E-state index in [0.29, 0.717) is 11.4 Å². The van der Waals surface area contributed by atoms with Crippen molar-refractivity contribution < 1.29 is 9.32 Å². The number of aromatic nitrogens is 1. The average Bonchev–Trinajstić information content (AvgIpc) is 2.93. The average molecular weight is 227 g/mol. The minimum absolute atomic E-state index is 0.123. The van der Waals surface area contributed by atoms with Crippen LogP contribution in [0.25, 0.3) is 5.57 Å².